The van der Waals surface area contributed by atoms with Crippen molar-refractivity contribution in [1.82, 2.24) is 0 Å². The highest BCUT2D eigenvalue weighted by atomic mass is 35.5. The highest BCUT2D eigenvalue weighted by molar-refractivity contribution is 6.36. The van der Waals surface area contributed by atoms with Crippen molar-refractivity contribution in [2.75, 3.05) is 6.61 Å². The lowest BCUT2D eigenvalue weighted by molar-refractivity contribution is -0.139. The first-order valence-electron chi connectivity index (χ1n) is 8.24. The first-order chi connectivity index (χ1) is 13.3. The fourth-order valence-electron chi connectivity index (χ4n) is 2.76. The van der Waals surface area contributed by atoms with Gasteiger partial charge in [0.2, 0.25) is 0 Å². The molecule has 0 saturated carbocycles. The zero-order valence-corrected chi connectivity index (χ0v) is 16.7. The Morgan fingerprint density at radius 2 is 1.68 bits per heavy atom. The molecule has 0 heterocycles. The average Bonchev–Trinajstić information content (AvgIpc) is 2.64. The standard InChI is InChI=1S/C21H15Cl3O4/c22-14-3-1-2-13(8-14)16-6-12(4-5-20(16)25)7-17-18(23)9-15(10-19(17)24)28-11-21(26)27/h1-6,8-10,25H,7,11H2,(H,26,27). The Labute approximate surface area is 176 Å². The van der Waals surface area contributed by atoms with Crippen molar-refractivity contribution in [3.05, 3.63) is 80.8 Å². The molecule has 28 heavy (non-hydrogen) atoms. The minimum atomic E-state index is -1.09. The monoisotopic (exact) mass is 436 g/mol. The number of benzene rings is 3. The van der Waals surface area contributed by atoms with Crippen molar-refractivity contribution in [3.8, 4) is 22.6 Å². The van der Waals surface area contributed by atoms with Crippen LogP contribution in [0.2, 0.25) is 15.1 Å². The van der Waals surface area contributed by atoms with E-state index in [0.29, 0.717) is 32.6 Å². The van der Waals surface area contributed by atoms with Crippen molar-refractivity contribution in [3.63, 3.8) is 0 Å². The second-order valence-corrected chi connectivity index (χ2v) is 7.34. The molecule has 3 aromatic rings. The Morgan fingerprint density at radius 1 is 0.964 bits per heavy atom. The zero-order chi connectivity index (χ0) is 20.3. The number of carboxylic acids is 1. The molecule has 144 valence electrons. The number of hydrogen-bond acceptors (Lipinski definition) is 3. The van der Waals surface area contributed by atoms with Crippen molar-refractivity contribution >= 4 is 40.8 Å². The van der Waals surface area contributed by atoms with Gasteiger partial charge in [-0.1, -0.05) is 53.0 Å². The highest BCUT2D eigenvalue weighted by Crippen LogP contribution is 2.35. The number of phenolic OH excluding ortho intramolecular Hbond substituents is 1. The van der Waals surface area contributed by atoms with Crippen LogP contribution in [0.1, 0.15) is 11.1 Å². The molecule has 0 aromatic heterocycles. The van der Waals surface area contributed by atoms with E-state index < -0.39 is 12.6 Å². The van der Waals surface area contributed by atoms with Gasteiger partial charge in [0.1, 0.15) is 11.5 Å². The fourth-order valence-corrected chi connectivity index (χ4v) is 3.55. The van der Waals surface area contributed by atoms with E-state index in [2.05, 4.69) is 0 Å². The molecule has 0 aliphatic heterocycles. The van der Waals surface area contributed by atoms with Gasteiger partial charge in [-0.3, -0.25) is 0 Å². The van der Waals surface area contributed by atoms with Gasteiger partial charge in [0, 0.05) is 27.1 Å². The summed E-state index contributed by atoms with van der Waals surface area (Å²) in [5.74, 6) is -0.666. The maximum atomic E-state index is 10.6. The molecule has 0 radical (unpaired) electrons. The number of carboxylic acid groups (broad SMARTS) is 1. The summed E-state index contributed by atoms with van der Waals surface area (Å²) in [6.07, 6.45) is 0.421. The van der Waals surface area contributed by atoms with E-state index in [9.17, 15) is 9.90 Å². The Kier molecular flexibility index (Phi) is 6.35. The van der Waals surface area contributed by atoms with E-state index >= 15 is 0 Å². The van der Waals surface area contributed by atoms with Crippen LogP contribution in [-0.2, 0) is 11.2 Å². The molecule has 0 bridgehead atoms. The molecule has 2 N–H and O–H groups in total. The number of aliphatic carboxylic acids is 1. The zero-order valence-electron chi connectivity index (χ0n) is 14.5. The summed E-state index contributed by atoms with van der Waals surface area (Å²) in [5, 5.41) is 20.2. The van der Waals surface area contributed by atoms with Gasteiger partial charge >= 0.3 is 5.97 Å². The first-order valence-corrected chi connectivity index (χ1v) is 9.37. The highest BCUT2D eigenvalue weighted by Gasteiger charge is 2.13. The van der Waals surface area contributed by atoms with Crippen LogP contribution in [0.25, 0.3) is 11.1 Å². The minimum absolute atomic E-state index is 0.139. The second kappa shape index (κ2) is 8.74. The molecule has 0 aliphatic carbocycles. The number of aromatic hydroxyl groups is 1. The molecule has 4 nitrogen and oxygen atoms in total. The normalized spacial score (nSPS) is 10.7. The molecular formula is C21H15Cl3O4. The maximum absolute atomic E-state index is 10.6. The van der Waals surface area contributed by atoms with Gasteiger partial charge in [-0.2, -0.15) is 0 Å². The van der Waals surface area contributed by atoms with Crippen LogP contribution in [0.3, 0.4) is 0 Å². The van der Waals surface area contributed by atoms with Crippen LogP contribution in [0.5, 0.6) is 11.5 Å². The third kappa shape index (κ3) is 4.90. The van der Waals surface area contributed by atoms with Crippen LogP contribution in [-0.4, -0.2) is 22.8 Å². The number of phenols is 1. The summed E-state index contributed by atoms with van der Waals surface area (Å²) in [5.41, 5.74) is 3.00. The minimum Gasteiger partial charge on any atom is -0.507 e. The van der Waals surface area contributed by atoms with Crippen LogP contribution in [0, 0.1) is 0 Å². The third-order valence-electron chi connectivity index (χ3n) is 4.05. The largest absolute Gasteiger partial charge is 0.507 e. The Hall–Kier alpha value is -2.40. The summed E-state index contributed by atoms with van der Waals surface area (Å²) < 4.78 is 5.12. The smallest absolute Gasteiger partial charge is 0.341 e. The average molecular weight is 438 g/mol. The maximum Gasteiger partial charge on any atom is 0.341 e. The van der Waals surface area contributed by atoms with Gasteiger partial charge in [-0.05, 0) is 53.1 Å². The van der Waals surface area contributed by atoms with E-state index in [1.165, 1.54) is 12.1 Å². The summed E-state index contributed by atoms with van der Waals surface area (Å²) in [6, 6.07) is 15.5. The molecule has 0 atom stereocenters. The van der Waals surface area contributed by atoms with Gasteiger partial charge in [0.05, 0.1) is 0 Å². The van der Waals surface area contributed by atoms with Gasteiger partial charge < -0.3 is 14.9 Å². The van der Waals surface area contributed by atoms with Crippen LogP contribution < -0.4 is 4.74 Å². The lowest BCUT2D eigenvalue weighted by atomic mass is 9.98. The van der Waals surface area contributed by atoms with E-state index in [1.807, 2.05) is 18.2 Å². The van der Waals surface area contributed by atoms with Gasteiger partial charge in [-0.25, -0.2) is 4.79 Å². The predicted molar refractivity (Wildman–Crippen MR) is 111 cm³/mol. The van der Waals surface area contributed by atoms with E-state index in [1.54, 1.807) is 24.3 Å². The Morgan fingerprint density at radius 3 is 2.32 bits per heavy atom. The molecule has 3 aromatic carbocycles. The van der Waals surface area contributed by atoms with Gasteiger partial charge in [0.25, 0.3) is 0 Å². The van der Waals surface area contributed by atoms with Crippen molar-refractivity contribution in [2.24, 2.45) is 0 Å². The van der Waals surface area contributed by atoms with Crippen LogP contribution >= 0.6 is 34.8 Å². The topological polar surface area (TPSA) is 66.8 Å². The molecule has 0 aliphatic rings. The number of carbonyl (C=O) groups is 1. The number of ether oxygens (including phenoxy) is 1. The Balaban J connectivity index is 1.90. The van der Waals surface area contributed by atoms with Crippen LogP contribution in [0.4, 0.5) is 0 Å². The number of hydrogen-bond donors (Lipinski definition) is 2. The summed E-state index contributed by atoms with van der Waals surface area (Å²) in [7, 11) is 0. The molecule has 0 spiro atoms. The van der Waals surface area contributed by atoms with Gasteiger partial charge in [0.15, 0.2) is 6.61 Å². The first kappa shape index (κ1) is 20.3. The molecule has 0 unspecified atom stereocenters. The SMILES string of the molecule is O=C(O)COc1cc(Cl)c(Cc2ccc(O)c(-c3cccc(Cl)c3)c2)c(Cl)c1. The molecule has 7 heteroatoms. The van der Waals surface area contributed by atoms with E-state index in [-0.39, 0.29) is 11.5 Å². The van der Waals surface area contributed by atoms with Crippen molar-refractivity contribution < 1.29 is 19.7 Å². The molecular weight excluding hydrogens is 423 g/mol. The summed E-state index contributed by atoms with van der Waals surface area (Å²) >= 11 is 18.7. The molecule has 0 fully saturated rings. The van der Waals surface area contributed by atoms with E-state index in [0.717, 1.165) is 11.1 Å². The summed E-state index contributed by atoms with van der Waals surface area (Å²) in [4.78, 5) is 10.6. The fraction of sp³-hybridized carbons (Fsp3) is 0.0952. The summed E-state index contributed by atoms with van der Waals surface area (Å²) in [6.45, 7) is -0.479. The third-order valence-corrected chi connectivity index (χ3v) is 4.96. The number of halogens is 3. The predicted octanol–water partition coefficient (Wildman–Crippen LogP) is 6.07. The second-order valence-electron chi connectivity index (χ2n) is 6.09. The number of rotatable bonds is 6. The molecule has 0 saturated heterocycles. The van der Waals surface area contributed by atoms with E-state index in [4.69, 9.17) is 44.6 Å². The molecule has 3 rings (SSSR count). The molecule has 0 amide bonds. The van der Waals surface area contributed by atoms with Crippen molar-refractivity contribution in [1.29, 1.82) is 0 Å². The Bertz CT molecular complexity index is 1010. The van der Waals surface area contributed by atoms with Crippen molar-refractivity contribution in [2.45, 2.75) is 6.42 Å². The quantitative estimate of drug-likeness (QED) is 0.491. The lowest BCUT2D eigenvalue weighted by Gasteiger charge is -2.12. The lowest BCUT2D eigenvalue weighted by Crippen LogP contribution is -2.09. The van der Waals surface area contributed by atoms with Crippen LogP contribution in [0.15, 0.2) is 54.6 Å². The van der Waals surface area contributed by atoms with Gasteiger partial charge in [-0.15, -0.1) is 0 Å².